The molecule has 0 aliphatic rings. The minimum atomic E-state index is -3.55. The lowest BCUT2D eigenvalue weighted by atomic mass is 10.2. The Labute approximate surface area is 114 Å². The Kier molecular flexibility index (Phi) is 5.48. The molecule has 0 spiro atoms. The first-order valence-electron chi connectivity index (χ1n) is 5.61. The smallest absolute Gasteiger partial charge is 0.264 e. The molecule has 0 saturated carbocycles. The molecule has 0 aliphatic carbocycles. The number of benzene rings is 1. The fraction of sp³-hybridized carbons (Fsp3) is 0.455. The molecule has 0 radical (unpaired) electrons. The summed E-state index contributed by atoms with van der Waals surface area (Å²) in [7, 11) is -7.02. The number of hydrogen-bond donors (Lipinski definition) is 1. The number of sulfonamides is 1. The van der Waals surface area contributed by atoms with E-state index in [9.17, 15) is 16.8 Å². The van der Waals surface area contributed by atoms with E-state index in [4.69, 9.17) is 0 Å². The molecule has 1 aromatic carbocycles. The fourth-order valence-electron chi connectivity index (χ4n) is 1.29. The Morgan fingerprint density at radius 2 is 1.68 bits per heavy atom. The van der Waals surface area contributed by atoms with E-state index in [0.717, 1.165) is 11.8 Å². The van der Waals surface area contributed by atoms with E-state index in [2.05, 4.69) is 8.91 Å². The quantitative estimate of drug-likeness (QED) is 0.590. The third-order valence-corrected chi connectivity index (χ3v) is 4.31. The second-order valence-corrected chi connectivity index (χ2v) is 7.50. The second-order valence-electron chi connectivity index (χ2n) is 4.09. The van der Waals surface area contributed by atoms with Crippen molar-refractivity contribution in [1.29, 1.82) is 0 Å². The highest BCUT2D eigenvalue weighted by molar-refractivity contribution is 7.89. The molecule has 0 saturated heterocycles. The SMILES string of the molecule is Cc1ccc(S(=O)(=O)NCCCOS(C)(=O)=O)cc1. The summed E-state index contributed by atoms with van der Waals surface area (Å²) in [5, 5.41) is 0. The van der Waals surface area contributed by atoms with E-state index in [1.165, 1.54) is 12.1 Å². The topological polar surface area (TPSA) is 89.5 Å². The van der Waals surface area contributed by atoms with Crippen LogP contribution >= 0.6 is 0 Å². The van der Waals surface area contributed by atoms with Gasteiger partial charge >= 0.3 is 0 Å². The van der Waals surface area contributed by atoms with Crippen molar-refractivity contribution in [3.8, 4) is 0 Å². The predicted molar refractivity (Wildman–Crippen MR) is 71.8 cm³/mol. The van der Waals surface area contributed by atoms with Crippen molar-refractivity contribution in [2.24, 2.45) is 0 Å². The van der Waals surface area contributed by atoms with Gasteiger partial charge in [0.2, 0.25) is 10.0 Å². The van der Waals surface area contributed by atoms with Crippen molar-refractivity contribution in [3.05, 3.63) is 29.8 Å². The minimum absolute atomic E-state index is 0.0464. The van der Waals surface area contributed by atoms with Crippen molar-refractivity contribution in [2.45, 2.75) is 18.2 Å². The molecule has 0 bridgehead atoms. The molecule has 1 aromatic rings. The predicted octanol–water partition coefficient (Wildman–Crippen LogP) is 0.640. The van der Waals surface area contributed by atoms with Crippen LogP contribution in [-0.4, -0.2) is 36.2 Å². The summed E-state index contributed by atoms with van der Waals surface area (Å²) in [6.07, 6.45) is 1.22. The van der Waals surface area contributed by atoms with E-state index in [0.29, 0.717) is 0 Å². The van der Waals surface area contributed by atoms with Crippen LogP contribution in [0, 0.1) is 6.92 Å². The molecule has 0 heterocycles. The van der Waals surface area contributed by atoms with Gasteiger partial charge in [0.25, 0.3) is 10.1 Å². The molecule has 0 unspecified atom stereocenters. The summed E-state index contributed by atoms with van der Waals surface area (Å²) < 4.78 is 51.9. The van der Waals surface area contributed by atoms with Crippen molar-refractivity contribution in [3.63, 3.8) is 0 Å². The van der Waals surface area contributed by atoms with Crippen molar-refractivity contribution in [2.75, 3.05) is 19.4 Å². The first-order chi connectivity index (χ1) is 8.71. The lowest BCUT2D eigenvalue weighted by Gasteiger charge is -2.07. The molecule has 0 fully saturated rings. The van der Waals surface area contributed by atoms with Gasteiger partial charge in [-0.25, -0.2) is 13.1 Å². The summed E-state index contributed by atoms with van der Waals surface area (Å²) in [5.74, 6) is 0. The molecule has 19 heavy (non-hydrogen) atoms. The summed E-state index contributed by atoms with van der Waals surface area (Å²) in [6, 6.07) is 6.46. The first kappa shape index (κ1) is 16.1. The summed E-state index contributed by atoms with van der Waals surface area (Å²) in [6.45, 7) is 1.94. The molecule has 8 heteroatoms. The zero-order valence-corrected chi connectivity index (χ0v) is 12.4. The third-order valence-electron chi connectivity index (χ3n) is 2.24. The summed E-state index contributed by atoms with van der Waals surface area (Å²) >= 11 is 0. The highest BCUT2D eigenvalue weighted by atomic mass is 32.2. The average Bonchev–Trinajstić information content (AvgIpc) is 2.27. The molecule has 108 valence electrons. The Hall–Kier alpha value is -0.960. The zero-order chi connectivity index (χ0) is 14.5. The molecular weight excluding hydrogens is 290 g/mol. The zero-order valence-electron chi connectivity index (χ0n) is 10.8. The Bertz CT molecular complexity index is 605. The van der Waals surface area contributed by atoms with E-state index in [-0.39, 0.29) is 24.5 Å². The first-order valence-corrected chi connectivity index (χ1v) is 8.91. The summed E-state index contributed by atoms with van der Waals surface area (Å²) in [5.41, 5.74) is 0.973. The van der Waals surface area contributed by atoms with Crippen LogP contribution in [0.15, 0.2) is 29.2 Å². The minimum Gasteiger partial charge on any atom is -0.270 e. The van der Waals surface area contributed by atoms with Gasteiger partial charge in [-0.05, 0) is 25.5 Å². The van der Waals surface area contributed by atoms with Crippen LogP contribution in [-0.2, 0) is 24.3 Å². The van der Waals surface area contributed by atoms with Gasteiger partial charge in [0.15, 0.2) is 0 Å². The van der Waals surface area contributed by atoms with Crippen molar-refractivity contribution < 1.29 is 21.0 Å². The highest BCUT2D eigenvalue weighted by Crippen LogP contribution is 2.09. The van der Waals surface area contributed by atoms with Crippen LogP contribution in [0.25, 0.3) is 0 Å². The maximum absolute atomic E-state index is 11.8. The molecule has 6 nitrogen and oxygen atoms in total. The third kappa shape index (κ3) is 6.15. The molecule has 0 aliphatic heterocycles. The van der Waals surface area contributed by atoms with Gasteiger partial charge in [-0.3, -0.25) is 4.18 Å². The van der Waals surface area contributed by atoms with Crippen molar-refractivity contribution >= 4 is 20.1 Å². The lowest BCUT2D eigenvalue weighted by Crippen LogP contribution is -2.25. The van der Waals surface area contributed by atoms with Gasteiger partial charge in [0.1, 0.15) is 0 Å². The number of aryl methyl sites for hydroxylation is 1. The van der Waals surface area contributed by atoms with Crippen LogP contribution in [0.2, 0.25) is 0 Å². The van der Waals surface area contributed by atoms with Gasteiger partial charge < -0.3 is 0 Å². The van der Waals surface area contributed by atoms with Gasteiger partial charge in [0, 0.05) is 6.54 Å². The molecule has 0 amide bonds. The molecule has 1 N–H and O–H groups in total. The maximum Gasteiger partial charge on any atom is 0.264 e. The van der Waals surface area contributed by atoms with Crippen LogP contribution < -0.4 is 4.72 Å². The molecule has 1 rings (SSSR count). The summed E-state index contributed by atoms with van der Waals surface area (Å²) in [4.78, 5) is 0.183. The highest BCUT2D eigenvalue weighted by Gasteiger charge is 2.12. The van der Waals surface area contributed by atoms with Gasteiger partial charge in [-0.2, -0.15) is 8.42 Å². The van der Waals surface area contributed by atoms with Gasteiger partial charge in [0.05, 0.1) is 17.8 Å². The standard InChI is InChI=1S/C11H17NO5S2/c1-10-4-6-11(7-5-10)19(15,16)12-8-3-9-17-18(2,13)14/h4-7,12H,3,8-9H2,1-2H3. The van der Waals surface area contributed by atoms with E-state index in [1.807, 2.05) is 6.92 Å². The Balaban J connectivity index is 2.46. The Morgan fingerprint density at radius 1 is 1.11 bits per heavy atom. The average molecular weight is 307 g/mol. The number of rotatable bonds is 7. The lowest BCUT2D eigenvalue weighted by molar-refractivity contribution is 0.316. The van der Waals surface area contributed by atoms with Crippen LogP contribution in [0.3, 0.4) is 0 Å². The molecular formula is C11H17NO5S2. The fourth-order valence-corrected chi connectivity index (χ4v) is 2.78. The van der Waals surface area contributed by atoms with Crippen LogP contribution in [0.5, 0.6) is 0 Å². The van der Waals surface area contributed by atoms with Crippen LogP contribution in [0.4, 0.5) is 0 Å². The molecule has 0 atom stereocenters. The largest absolute Gasteiger partial charge is 0.270 e. The number of nitrogens with one attached hydrogen (secondary N) is 1. The van der Waals surface area contributed by atoms with Crippen LogP contribution in [0.1, 0.15) is 12.0 Å². The Morgan fingerprint density at radius 3 is 2.21 bits per heavy atom. The van der Waals surface area contributed by atoms with E-state index < -0.39 is 20.1 Å². The second kappa shape index (κ2) is 6.47. The van der Waals surface area contributed by atoms with Gasteiger partial charge in [-0.15, -0.1) is 0 Å². The van der Waals surface area contributed by atoms with E-state index in [1.54, 1.807) is 12.1 Å². The van der Waals surface area contributed by atoms with Gasteiger partial charge in [-0.1, -0.05) is 17.7 Å². The maximum atomic E-state index is 11.8. The van der Waals surface area contributed by atoms with Crippen molar-refractivity contribution in [1.82, 2.24) is 4.72 Å². The number of hydrogen-bond acceptors (Lipinski definition) is 5. The molecule has 0 aromatic heterocycles. The van der Waals surface area contributed by atoms with E-state index >= 15 is 0 Å². The normalized spacial score (nSPS) is 12.5. The monoisotopic (exact) mass is 307 g/mol.